The van der Waals surface area contributed by atoms with Gasteiger partial charge in [-0.15, -0.1) is 34.4 Å². The number of aliphatic imine (C=N–C) groups is 1. The lowest BCUT2D eigenvalue weighted by Gasteiger charge is -2.05. The van der Waals surface area contributed by atoms with Gasteiger partial charge in [-0.05, 0) is 47.5 Å². The van der Waals surface area contributed by atoms with Gasteiger partial charge in [-0.25, -0.2) is 9.97 Å². The molecule has 7 rings (SSSR count). The number of aromatic nitrogens is 2. The predicted molar refractivity (Wildman–Crippen MR) is 223 cm³/mol. The predicted octanol–water partition coefficient (Wildman–Crippen LogP) is 5.94. The summed E-state index contributed by atoms with van der Waals surface area (Å²) in [5, 5.41) is 17.9. The standard InChI is InChI=1S/C18H15N3O2S2.C15H10N2OS.C3H8N2OS.CH4O.CH4/c19-16(22)14-10-24-17(21-14)18-20-13-7-6-12(8-15(13)25-18)23-9-11-4-2-1-3-5-11;16-9-15-17-13-7-6-12(8-14(13)19-15)18-10-11-4-2-1-3-5-11;4-2(1-7)3(5)6;1-2;/h1-8,14H,9-10H2,(H2,19,22);1-8H,10H2;2,7H,1,4H2,(H2,5,6);2H,1H3;1H4/t14-;;2-;;/m1.1../s1. The molecular formula is C38H41N7O5S4. The fraction of sp³-hybridized carbons (Fsp3) is 0.211. The number of nitriles is 1. The van der Waals surface area contributed by atoms with Crippen LogP contribution in [-0.2, 0) is 22.8 Å². The van der Waals surface area contributed by atoms with Crippen molar-refractivity contribution in [2.24, 2.45) is 22.2 Å². The third kappa shape index (κ3) is 12.8. The van der Waals surface area contributed by atoms with E-state index < -0.39 is 18.0 Å². The van der Waals surface area contributed by atoms with E-state index in [1.165, 1.54) is 23.1 Å². The Kier molecular flexibility index (Phi) is 17.9. The number of aliphatic hydroxyl groups excluding tert-OH is 1. The smallest absolute Gasteiger partial charge is 0.243 e. The molecule has 282 valence electrons. The average molecular weight is 804 g/mol. The molecule has 0 spiro atoms. The lowest BCUT2D eigenvalue weighted by atomic mass is 10.2. The summed E-state index contributed by atoms with van der Waals surface area (Å²) in [6.45, 7) is 1.07. The molecule has 54 heavy (non-hydrogen) atoms. The maximum Gasteiger partial charge on any atom is 0.243 e. The Morgan fingerprint density at radius 1 is 0.870 bits per heavy atom. The second-order valence-corrected chi connectivity index (χ2v) is 14.2. The quantitative estimate of drug-likeness (QED) is 0.103. The minimum absolute atomic E-state index is 0. The number of hydrogen-bond acceptors (Lipinski definition) is 14. The van der Waals surface area contributed by atoms with Crippen molar-refractivity contribution >= 4 is 84.4 Å². The van der Waals surface area contributed by atoms with Crippen LogP contribution < -0.4 is 26.7 Å². The molecule has 7 N–H and O–H groups in total. The first kappa shape index (κ1) is 43.4. The fourth-order valence-corrected chi connectivity index (χ4v) is 7.42. The molecule has 12 nitrogen and oxygen atoms in total. The minimum atomic E-state index is -0.594. The second kappa shape index (κ2) is 22.3. The molecule has 2 aromatic heterocycles. The molecule has 0 saturated heterocycles. The van der Waals surface area contributed by atoms with Gasteiger partial charge in [0.15, 0.2) is 5.01 Å². The van der Waals surface area contributed by atoms with Gasteiger partial charge in [-0.2, -0.15) is 17.9 Å². The van der Waals surface area contributed by atoms with Gasteiger partial charge in [0.25, 0.3) is 0 Å². The van der Waals surface area contributed by atoms with Gasteiger partial charge < -0.3 is 31.8 Å². The Morgan fingerprint density at radius 2 is 1.39 bits per heavy atom. The molecule has 1 aliphatic rings. The van der Waals surface area contributed by atoms with Crippen molar-refractivity contribution in [3.8, 4) is 17.6 Å². The molecule has 2 atom stereocenters. The van der Waals surface area contributed by atoms with Gasteiger partial charge >= 0.3 is 0 Å². The molecule has 4 aromatic carbocycles. The highest BCUT2D eigenvalue weighted by Gasteiger charge is 2.25. The summed E-state index contributed by atoms with van der Waals surface area (Å²) >= 11 is 8.18. The normalized spacial score (nSPS) is 13.2. The van der Waals surface area contributed by atoms with Crippen LogP contribution in [0.1, 0.15) is 28.6 Å². The molecule has 6 aromatic rings. The topological polar surface area (TPSA) is 213 Å². The number of carbonyl (C=O) groups is 2. The van der Waals surface area contributed by atoms with Crippen molar-refractivity contribution in [3.05, 3.63) is 118 Å². The third-order valence-corrected chi connectivity index (χ3v) is 10.6. The molecule has 1 aliphatic heterocycles. The number of benzene rings is 4. The highest BCUT2D eigenvalue weighted by molar-refractivity contribution is 8.15. The van der Waals surface area contributed by atoms with Crippen LogP contribution in [0.2, 0.25) is 0 Å². The number of nitrogens with zero attached hydrogens (tertiary/aromatic N) is 4. The molecule has 0 aliphatic carbocycles. The van der Waals surface area contributed by atoms with Crippen LogP contribution in [0.4, 0.5) is 0 Å². The Morgan fingerprint density at radius 3 is 1.83 bits per heavy atom. The van der Waals surface area contributed by atoms with Crippen LogP contribution in [0.5, 0.6) is 11.5 Å². The van der Waals surface area contributed by atoms with Crippen LogP contribution >= 0.6 is 47.1 Å². The molecule has 0 radical (unpaired) electrons. The van der Waals surface area contributed by atoms with E-state index in [0.29, 0.717) is 29.7 Å². The number of amides is 2. The summed E-state index contributed by atoms with van der Waals surface area (Å²) in [4.78, 5) is 34.4. The number of thiol groups is 1. The number of thiazole rings is 2. The maximum atomic E-state index is 11.3. The van der Waals surface area contributed by atoms with Crippen LogP contribution in [0, 0.1) is 11.3 Å². The van der Waals surface area contributed by atoms with Crippen molar-refractivity contribution in [2.75, 3.05) is 18.6 Å². The van der Waals surface area contributed by atoms with Crippen molar-refractivity contribution in [1.82, 2.24) is 9.97 Å². The van der Waals surface area contributed by atoms with E-state index in [9.17, 15) is 9.59 Å². The summed E-state index contributed by atoms with van der Waals surface area (Å²) in [5.74, 6) is 1.61. The van der Waals surface area contributed by atoms with Crippen LogP contribution in [0.15, 0.2) is 102 Å². The second-order valence-electron chi connectivity index (χ2n) is 10.8. The highest BCUT2D eigenvalue weighted by Crippen LogP contribution is 2.32. The largest absolute Gasteiger partial charge is 0.489 e. The van der Waals surface area contributed by atoms with Gasteiger partial charge in [0.1, 0.15) is 46.9 Å². The number of ether oxygens (including phenoxy) is 2. The molecule has 0 saturated carbocycles. The highest BCUT2D eigenvalue weighted by atomic mass is 32.2. The van der Waals surface area contributed by atoms with E-state index in [0.717, 1.165) is 60.2 Å². The molecule has 0 bridgehead atoms. The van der Waals surface area contributed by atoms with E-state index >= 15 is 0 Å². The van der Waals surface area contributed by atoms with Gasteiger partial charge in [0, 0.05) is 18.6 Å². The van der Waals surface area contributed by atoms with Crippen LogP contribution in [0.3, 0.4) is 0 Å². The first-order valence-electron chi connectivity index (χ1n) is 15.9. The number of thioether (sulfide) groups is 1. The summed E-state index contributed by atoms with van der Waals surface area (Å²) in [6.07, 6.45) is 0. The number of aliphatic hydroxyl groups is 1. The summed E-state index contributed by atoms with van der Waals surface area (Å²) in [6, 6.07) is 32.6. The van der Waals surface area contributed by atoms with E-state index in [1.807, 2.05) is 97.1 Å². The molecule has 16 heteroatoms. The van der Waals surface area contributed by atoms with Gasteiger partial charge in [0.05, 0.1) is 26.5 Å². The number of hydrogen-bond donors (Lipinski definition) is 5. The molecule has 2 amide bonds. The zero-order valence-corrected chi connectivity index (χ0v) is 31.8. The number of fused-ring (bicyclic) bond motifs is 2. The number of rotatable bonds is 10. The zero-order chi connectivity index (χ0) is 38.2. The summed E-state index contributed by atoms with van der Waals surface area (Å²) in [5.41, 5.74) is 19.1. The molecule has 0 fully saturated rings. The Hall–Kier alpha value is -5.02. The first-order valence-corrected chi connectivity index (χ1v) is 19.1. The van der Waals surface area contributed by atoms with E-state index in [-0.39, 0.29) is 13.3 Å². The van der Waals surface area contributed by atoms with Gasteiger partial charge in [-0.3, -0.25) is 14.6 Å². The van der Waals surface area contributed by atoms with Gasteiger partial charge in [-0.1, -0.05) is 68.1 Å². The van der Waals surface area contributed by atoms with Crippen molar-refractivity contribution < 1.29 is 24.2 Å². The maximum absolute atomic E-state index is 11.3. The lowest BCUT2D eigenvalue weighted by molar-refractivity contribution is -0.119. The molecular weight excluding hydrogens is 763 g/mol. The van der Waals surface area contributed by atoms with E-state index in [4.69, 9.17) is 37.0 Å². The number of primary amides is 2. The van der Waals surface area contributed by atoms with Crippen LogP contribution in [0.25, 0.3) is 20.4 Å². The van der Waals surface area contributed by atoms with Gasteiger partial charge in [0.2, 0.25) is 11.8 Å². The molecule has 0 unspecified atom stereocenters. The Balaban J connectivity index is 0.000000240. The SMILES string of the molecule is C.CO.N#Cc1nc2ccc(OCc3ccccc3)cc2s1.NC(=O)[C@H](N)CS.NC(=O)[C@H]1CSC(c2nc3ccc(OCc4ccccc4)cc3s2)=N1. The van der Waals surface area contributed by atoms with Crippen molar-refractivity contribution in [3.63, 3.8) is 0 Å². The van der Waals surface area contributed by atoms with Crippen LogP contribution in [-0.4, -0.2) is 62.6 Å². The number of nitrogens with two attached hydrogens (primary N) is 3. The van der Waals surface area contributed by atoms with Crippen molar-refractivity contribution in [2.45, 2.75) is 32.7 Å². The Bertz CT molecular complexity index is 2170. The number of carbonyl (C=O) groups excluding carboxylic acids is 2. The Labute approximate surface area is 331 Å². The minimum Gasteiger partial charge on any atom is -0.489 e. The summed E-state index contributed by atoms with van der Waals surface area (Å²) in [7, 11) is 1.00. The fourth-order valence-electron chi connectivity index (χ4n) is 4.34. The lowest BCUT2D eigenvalue weighted by Crippen LogP contribution is -2.37. The van der Waals surface area contributed by atoms with E-state index in [1.54, 1.807) is 11.3 Å². The zero-order valence-electron chi connectivity index (χ0n) is 28.5. The van der Waals surface area contributed by atoms with Crippen molar-refractivity contribution in [1.29, 1.82) is 5.26 Å². The average Bonchev–Trinajstić information content (AvgIpc) is 3.96. The molecule has 3 heterocycles. The third-order valence-electron chi connectivity index (χ3n) is 7.04. The monoisotopic (exact) mass is 803 g/mol. The summed E-state index contributed by atoms with van der Waals surface area (Å²) < 4.78 is 13.6. The first-order chi connectivity index (χ1) is 25.7. The van der Waals surface area contributed by atoms with E-state index in [2.05, 4.69) is 33.7 Å².